The van der Waals surface area contributed by atoms with Crippen molar-refractivity contribution in [1.82, 2.24) is 10.3 Å². The molecule has 2 N–H and O–H groups in total. The van der Waals surface area contributed by atoms with E-state index >= 15 is 0 Å². The largest absolute Gasteiger partial charge is 0.447 e. The number of nitrogens with one attached hydrogen (secondary N) is 1. The molecule has 0 unspecified atom stereocenters. The fraction of sp³-hybridized carbons (Fsp3) is 0.400. The average molecular weight is 210 g/mol. The summed E-state index contributed by atoms with van der Waals surface area (Å²) in [6.07, 6.45) is 2.87. The van der Waals surface area contributed by atoms with Gasteiger partial charge >= 0.3 is 6.09 Å². The lowest BCUT2D eigenvalue weighted by atomic mass is 10.2. The lowest BCUT2D eigenvalue weighted by Crippen LogP contribution is -2.25. The Morgan fingerprint density at radius 2 is 2.47 bits per heavy atom. The van der Waals surface area contributed by atoms with Crippen LogP contribution in [0.15, 0.2) is 18.5 Å². The van der Waals surface area contributed by atoms with Crippen molar-refractivity contribution >= 4 is 6.09 Å². The molecule has 0 aliphatic carbocycles. The first-order valence-corrected chi connectivity index (χ1v) is 4.65. The van der Waals surface area contributed by atoms with Gasteiger partial charge < -0.3 is 15.2 Å². The summed E-state index contributed by atoms with van der Waals surface area (Å²) in [5, 5.41) is 11.0. The number of nitrogens with zero attached hydrogens (tertiary/aromatic N) is 1. The number of ether oxygens (including phenoxy) is 1. The summed E-state index contributed by atoms with van der Waals surface area (Å²) in [6.45, 7) is 2.17. The van der Waals surface area contributed by atoms with Crippen molar-refractivity contribution in [3.05, 3.63) is 29.6 Å². The maximum atomic E-state index is 11.0. The lowest BCUT2D eigenvalue weighted by molar-refractivity contribution is 0.119. The molecule has 0 saturated heterocycles. The predicted molar refractivity (Wildman–Crippen MR) is 54.2 cm³/mol. The van der Waals surface area contributed by atoms with Gasteiger partial charge in [-0.1, -0.05) is 0 Å². The van der Waals surface area contributed by atoms with E-state index in [2.05, 4.69) is 15.0 Å². The molecule has 82 valence electrons. The molecule has 0 aliphatic heterocycles. The van der Waals surface area contributed by atoms with E-state index in [0.717, 1.165) is 11.1 Å². The van der Waals surface area contributed by atoms with Crippen molar-refractivity contribution in [2.24, 2.45) is 0 Å². The normalized spacial score (nSPS) is 9.73. The quantitative estimate of drug-likeness (QED) is 0.763. The first kappa shape index (κ1) is 11.5. The number of aromatic nitrogens is 1. The van der Waals surface area contributed by atoms with Crippen molar-refractivity contribution in [2.45, 2.75) is 13.5 Å². The molecule has 1 heterocycles. The summed E-state index contributed by atoms with van der Waals surface area (Å²) in [5.74, 6) is 0. The van der Waals surface area contributed by atoms with Gasteiger partial charge in [0.2, 0.25) is 0 Å². The molecule has 1 rings (SSSR count). The van der Waals surface area contributed by atoms with E-state index in [-0.39, 0.29) is 13.2 Å². The zero-order chi connectivity index (χ0) is 11.1. The molecule has 0 saturated carbocycles. The van der Waals surface area contributed by atoms with Crippen molar-refractivity contribution < 1.29 is 14.6 Å². The van der Waals surface area contributed by atoms with Crippen LogP contribution in [0.1, 0.15) is 11.1 Å². The van der Waals surface area contributed by atoms with Crippen LogP contribution < -0.4 is 5.32 Å². The molecule has 15 heavy (non-hydrogen) atoms. The highest BCUT2D eigenvalue weighted by atomic mass is 16.6. The Labute approximate surface area is 88.1 Å². The summed E-state index contributed by atoms with van der Waals surface area (Å²) in [7, 11) is 0. The molecular formula is C10H14N2O3. The smallest absolute Gasteiger partial charge is 0.407 e. The monoisotopic (exact) mass is 210 g/mol. The molecule has 0 fully saturated rings. The van der Waals surface area contributed by atoms with Crippen LogP contribution in [-0.2, 0) is 11.3 Å². The van der Waals surface area contributed by atoms with E-state index in [1.165, 1.54) is 0 Å². The van der Waals surface area contributed by atoms with Gasteiger partial charge in [0.05, 0.1) is 6.61 Å². The second-order valence-corrected chi connectivity index (χ2v) is 3.02. The minimum absolute atomic E-state index is 0.0150. The number of carbonyl (C=O) groups excluding carboxylic acids is 1. The Morgan fingerprint density at radius 3 is 3.13 bits per heavy atom. The third-order valence-corrected chi connectivity index (χ3v) is 1.88. The number of alkyl carbamates (subject to hydrolysis) is 1. The van der Waals surface area contributed by atoms with Gasteiger partial charge in [-0.15, -0.1) is 0 Å². The molecular weight excluding hydrogens is 196 g/mol. The van der Waals surface area contributed by atoms with Gasteiger partial charge in [0.25, 0.3) is 0 Å². The molecule has 5 heteroatoms. The molecule has 1 aromatic heterocycles. The Balaban J connectivity index is 2.37. The third kappa shape index (κ3) is 3.95. The molecule has 1 aromatic rings. The summed E-state index contributed by atoms with van der Waals surface area (Å²) in [4.78, 5) is 15.0. The van der Waals surface area contributed by atoms with Gasteiger partial charge in [-0.2, -0.15) is 0 Å². The van der Waals surface area contributed by atoms with Gasteiger partial charge in [0.15, 0.2) is 0 Å². The highest BCUT2D eigenvalue weighted by Crippen LogP contribution is 2.03. The van der Waals surface area contributed by atoms with Crippen LogP contribution in [0.25, 0.3) is 0 Å². The molecule has 0 radical (unpaired) electrons. The van der Waals surface area contributed by atoms with Gasteiger partial charge in [-0.05, 0) is 24.1 Å². The van der Waals surface area contributed by atoms with Crippen LogP contribution in [0.2, 0.25) is 0 Å². The van der Waals surface area contributed by atoms with E-state index in [1.807, 2.05) is 13.0 Å². The molecule has 0 aromatic carbocycles. The van der Waals surface area contributed by atoms with Crippen LogP contribution in [-0.4, -0.2) is 29.4 Å². The Hall–Kier alpha value is -1.62. The van der Waals surface area contributed by atoms with Crippen LogP contribution in [0.5, 0.6) is 0 Å². The predicted octanol–water partition coefficient (Wildman–Crippen LogP) is 0.609. The van der Waals surface area contributed by atoms with Gasteiger partial charge in [-0.3, -0.25) is 4.98 Å². The van der Waals surface area contributed by atoms with Gasteiger partial charge in [0.1, 0.15) is 6.61 Å². The molecule has 0 spiro atoms. The number of hydrogen-bond donors (Lipinski definition) is 2. The molecule has 5 nitrogen and oxygen atoms in total. The lowest BCUT2D eigenvalue weighted by Gasteiger charge is -2.07. The summed E-state index contributed by atoms with van der Waals surface area (Å²) < 4.78 is 4.64. The SMILES string of the molecule is Cc1cnccc1CNC(=O)OCCO. The number of carbonyl (C=O) groups is 1. The Kier molecular flexibility index (Phi) is 4.56. The maximum absolute atomic E-state index is 11.0. The number of aryl methyl sites for hydroxylation is 1. The average Bonchev–Trinajstić information content (AvgIpc) is 2.25. The van der Waals surface area contributed by atoms with Crippen LogP contribution in [0.3, 0.4) is 0 Å². The van der Waals surface area contributed by atoms with Crippen molar-refractivity contribution in [3.8, 4) is 0 Å². The Morgan fingerprint density at radius 1 is 1.67 bits per heavy atom. The van der Waals surface area contributed by atoms with Gasteiger partial charge in [-0.25, -0.2) is 4.79 Å². The molecule has 0 atom stereocenters. The third-order valence-electron chi connectivity index (χ3n) is 1.88. The van der Waals surface area contributed by atoms with E-state index in [9.17, 15) is 4.79 Å². The molecule has 0 aliphatic rings. The minimum atomic E-state index is -0.528. The van der Waals surface area contributed by atoms with E-state index in [4.69, 9.17) is 5.11 Å². The number of aliphatic hydroxyl groups excluding tert-OH is 1. The van der Waals surface area contributed by atoms with Crippen molar-refractivity contribution in [2.75, 3.05) is 13.2 Å². The standard InChI is InChI=1S/C10H14N2O3/c1-8-6-11-3-2-9(8)7-12-10(14)15-5-4-13/h2-3,6,13H,4-5,7H2,1H3,(H,12,14). The van der Waals surface area contributed by atoms with Crippen LogP contribution in [0, 0.1) is 6.92 Å². The number of hydrogen-bond acceptors (Lipinski definition) is 4. The molecule has 1 amide bonds. The fourth-order valence-corrected chi connectivity index (χ4v) is 1.06. The van der Waals surface area contributed by atoms with E-state index in [0.29, 0.717) is 6.54 Å². The first-order chi connectivity index (χ1) is 7.24. The number of pyridine rings is 1. The van der Waals surface area contributed by atoms with Crippen molar-refractivity contribution in [3.63, 3.8) is 0 Å². The van der Waals surface area contributed by atoms with E-state index < -0.39 is 6.09 Å². The summed E-state index contributed by atoms with van der Waals surface area (Å²) in [6, 6.07) is 1.83. The highest BCUT2D eigenvalue weighted by Gasteiger charge is 2.02. The number of amides is 1. The highest BCUT2D eigenvalue weighted by molar-refractivity contribution is 5.67. The second-order valence-electron chi connectivity index (χ2n) is 3.02. The van der Waals surface area contributed by atoms with Crippen LogP contribution >= 0.6 is 0 Å². The Bertz CT molecular complexity index is 328. The second kappa shape index (κ2) is 5.98. The zero-order valence-corrected chi connectivity index (χ0v) is 8.56. The first-order valence-electron chi connectivity index (χ1n) is 4.65. The zero-order valence-electron chi connectivity index (χ0n) is 8.56. The topological polar surface area (TPSA) is 71.5 Å². The van der Waals surface area contributed by atoms with E-state index in [1.54, 1.807) is 12.4 Å². The summed E-state index contributed by atoms with van der Waals surface area (Å²) >= 11 is 0. The number of rotatable bonds is 4. The van der Waals surface area contributed by atoms with Crippen LogP contribution in [0.4, 0.5) is 4.79 Å². The number of aliphatic hydroxyl groups is 1. The fourth-order valence-electron chi connectivity index (χ4n) is 1.06. The van der Waals surface area contributed by atoms with Crippen molar-refractivity contribution in [1.29, 1.82) is 0 Å². The summed E-state index contributed by atoms with van der Waals surface area (Å²) in [5.41, 5.74) is 2.01. The molecule has 0 bridgehead atoms. The maximum Gasteiger partial charge on any atom is 0.407 e. The van der Waals surface area contributed by atoms with Gasteiger partial charge in [0, 0.05) is 18.9 Å². The minimum Gasteiger partial charge on any atom is -0.447 e.